The van der Waals surface area contributed by atoms with E-state index in [0.717, 1.165) is 90.1 Å². The predicted octanol–water partition coefficient (Wildman–Crippen LogP) is 13.9. The fraction of sp³-hybridized carbons (Fsp3) is 0.907. The van der Waals surface area contributed by atoms with Crippen molar-refractivity contribution < 1.29 is 49.1 Å². The summed E-state index contributed by atoms with van der Waals surface area (Å²) in [5.41, 5.74) is 0. The molecular weight excluding hydrogens is 837 g/mol. The summed E-state index contributed by atoms with van der Waals surface area (Å²) in [7, 11) is 0. The smallest absolute Gasteiger partial charge is 0.407 e. The number of rotatable bonds is 48. The molecule has 0 saturated heterocycles. The maximum atomic E-state index is 12.9. The summed E-state index contributed by atoms with van der Waals surface area (Å²) in [5, 5.41) is 2.72. The lowest BCUT2D eigenvalue weighted by atomic mass is 10.0. The van der Waals surface area contributed by atoms with E-state index in [1.807, 2.05) is 13.8 Å². The molecule has 1 amide bonds. The third-order valence-electron chi connectivity index (χ3n) is 12.4. The maximum Gasteiger partial charge on any atom is 0.407 e. The third-order valence-corrected chi connectivity index (χ3v) is 12.4. The Balaban J connectivity index is 0. The molecule has 12 nitrogen and oxygen atoms in total. The summed E-state index contributed by atoms with van der Waals surface area (Å²) in [4.78, 5) is 66.3. The van der Waals surface area contributed by atoms with Gasteiger partial charge in [-0.15, -0.1) is 0 Å². The normalized spacial score (nSPS) is 11.4. The van der Waals surface area contributed by atoms with Crippen LogP contribution >= 0.6 is 0 Å². The highest BCUT2D eigenvalue weighted by molar-refractivity contribution is 5.73. The molecule has 0 unspecified atom stereocenters. The van der Waals surface area contributed by atoms with Gasteiger partial charge >= 0.3 is 30.0 Å². The van der Waals surface area contributed by atoms with Gasteiger partial charge < -0.3 is 33.9 Å². The van der Waals surface area contributed by atoms with E-state index < -0.39 is 24.1 Å². The van der Waals surface area contributed by atoms with Crippen molar-refractivity contribution in [2.75, 3.05) is 39.4 Å². The van der Waals surface area contributed by atoms with Crippen molar-refractivity contribution in [2.45, 2.75) is 278 Å². The number of alkyl carbamates (subject to hydrolysis) is 1. The van der Waals surface area contributed by atoms with Crippen LogP contribution in [0.3, 0.4) is 0 Å². The highest BCUT2D eigenvalue weighted by Crippen LogP contribution is 2.20. The molecule has 0 rings (SSSR count). The number of hydrogen-bond acceptors (Lipinski definition) is 11. The Kier molecular flexibility index (Phi) is 45.1. The summed E-state index contributed by atoms with van der Waals surface area (Å²) in [6.07, 6.45) is 30.7. The van der Waals surface area contributed by atoms with Gasteiger partial charge in [0.2, 0.25) is 0 Å². The number of amides is 1. The molecule has 0 aromatic carbocycles. The minimum absolute atomic E-state index is 0. The molecule has 0 radical (unpaired) electrons. The number of hydrogen-bond donors (Lipinski definition) is 1. The Labute approximate surface area is 405 Å². The van der Waals surface area contributed by atoms with Crippen molar-refractivity contribution in [1.82, 2.24) is 10.2 Å². The average molecular weight is 941 g/mol. The molecule has 0 heterocycles. The van der Waals surface area contributed by atoms with E-state index in [2.05, 4.69) is 37.9 Å². The standard InChI is InChI=1S/C54H102N2O10.H2/c1-7-13-17-21-25-29-35-47(36-30-26-22-18-14-8-2)64-52(59)41-33-39-50(57)62-45-49(66-54(61)55-43-44-56(11-5)12-6)46-63-51(58)40-34-42-53(60)65-48(37-31-27-23-19-15-9-3)38-32-28-24-20-16-10-4;/h47-49H,7-46H2,1-6H3,(H,55,61);1H. The molecule has 390 valence electrons. The number of esters is 4. The molecule has 0 aliphatic rings. The number of nitrogens with zero attached hydrogens (tertiary/aromatic N) is 1. The highest BCUT2D eigenvalue weighted by atomic mass is 16.6. The Morgan fingerprint density at radius 2 is 0.712 bits per heavy atom. The lowest BCUT2D eigenvalue weighted by Crippen LogP contribution is -2.39. The van der Waals surface area contributed by atoms with E-state index >= 15 is 0 Å². The van der Waals surface area contributed by atoms with Crippen molar-refractivity contribution in [2.24, 2.45) is 0 Å². The van der Waals surface area contributed by atoms with Gasteiger partial charge in [0.25, 0.3) is 0 Å². The zero-order chi connectivity index (χ0) is 48.7. The second-order valence-electron chi connectivity index (χ2n) is 18.5. The number of unbranched alkanes of at least 4 members (excludes halogenated alkanes) is 20. The van der Waals surface area contributed by atoms with Crippen LogP contribution in [0.2, 0.25) is 0 Å². The molecule has 0 atom stereocenters. The lowest BCUT2D eigenvalue weighted by molar-refractivity contribution is -0.152. The number of ether oxygens (including phenoxy) is 5. The van der Waals surface area contributed by atoms with Gasteiger partial charge in [-0.1, -0.05) is 170 Å². The van der Waals surface area contributed by atoms with Crippen LogP contribution in [-0.4, -0.2) is 92.6 Å². The quantitative estimate of drug-likeness (QED) is 0.0353. The Morgan fingerprint density at radius 1 is 0.394 bits per heavy atom. The maximum absolute atomic E-state index is 12.9. The fourth-order valence-corrected chi connectivity index (χ4v) is 8.06. The Morgan fingerprint density at radius 3 is 1.05 bits per heavy atom. The van der Waals surface area contributed by atoms with E-state index in [0.29, 0.717) is 13.1 Å². The van der Waals surface area contributed by atoms with E-state index in [9.17, 15) is 24.0 Å². The first-order chi connectivity index (χ1) is 32.1. The second-order valence-corrected chi connectivity index (χ2v) is 18.5. The number of carbonyl (C=O) groups is 5. The Bertz CT molecular complexity index is 1070. The summed E-state index contributed by atoms with van der Waals surface area (Å²) in [5.74, 6) is -1.70. The zero-order valence-corrected chi connectivity index (χ0v) is 43.5. The fourth-order valence-electron chi connectivity index (χ4n) is 8.06. The summed E-state index contributed by atoms with van der Waals surface area (Å²) in [6.45, 7) is 15.0. The van der Waals surface area contributed by atoms with E-state index in [1.165, 1.54) is 103 Å². The number of carbonyl (C=O) groups excluding carboxylic acids is 5. The molecule has 0 aromatic heterocycles. The predicted molar refractivity (Wildman–Crippen MR) is 270 cm³/mol. The summed E-state index contributed by atoms with van der Waals surface area (Å²) in [6, 6.07) is 0. The largest absolute Gasteiger partial charge is 0.462 e. The van der Waals surface area contributed by atoms with Crippen LogP contribution in [0.4, 0.5) is 4.79 Å². The first kappa shape index (κ1) is 63.1. The van der Waals surface area contributed by atoms with Gasteiger partial charge in [-0.25, -0.2) is 4.79 Å². The first-order valence-electron chi connectivity index (χ1n) is 27.5. The summed E-state index contributed by atoms with van der Waals surface area (Å²) < 4.78 is 28.3. The van der Waals surface area contributed by atoms with E-state index in [-0.39, 0.29) is 77.3 Å². The van der Waals surface area contributed by atoms with Gasteiger partial charge in [-0.2, -0.15) is 0 Å². The minimum Gasteiger partial charge on any atom is -0.462 e. The second kappa shape index (κ2) is 47.2. The molecule has 0 saturated carbocycles. The molecule has 66 heavy (non-hydrogen) atoms. The third kappa shape index (κ3) is 41.3. The van der Waals surface area contributed by atoms with Crippen molar-refractivity contribution in [3.05, 3.63) is 0 Å². The van der Waals surface area contributed by atoms with Crippen LogP contribution in [0.15, 0.2) is 0 Å². The van der Waals surface area contributed by atoms with Crippen molar-refractivity contribution in [3.8, 4) is 0 Å². The van der Waals surface area contributed by atoms with Crippen LogP contribution in [0.1, 0.15) is 261 Å². The molecule has 0 aromatic rings. The molecule has 0 spiro atoms. The van der Waals surface area contributed by atoms with Gasteiger partial charge in [-0.05, 0) is 77.3 Å². The minimum atomic E-state index is -1.05. The molecule has 0 fully saturated rings. The van der Waals surface area contributed by atoms with Gasteiger partial charge in [0.05, 0.1) is 0 Å². The highest BCUT2D eigenvalue weighted by Gasteiger charge is 2.21. The number of nitrogens with one attached hydrogen (secondary N) is 1. The van der Waals surface area contributed by atoms with Crippen molar-refractivity contribution >= 4 is 30.0 Å². The van der Waals surface area contributed by atoms with Gasteiger partial charge in [0, 0.05) is 40.2 Å². The van der Waals surface area contributed by atoms with Gasteiger partial charge in [0.1, 0.15) is 25.4 Å². The van der Waals surface area contributed by atoms with Gasteiger partial charge in [-0.3, -0.25) is 19.2 Å². The number of likely N-dealkylation sites (N-methyl/N-ethyl adjacent to an activating group) is 1. The van der Waals surface area contributed by atoms with Crippen LogP contribution in [0, 0.1) is 0 Å². The van der Waals surface area contributed by atoms with Gasteiger partial charge in [0.15, 0.2) is 6.10 Å². The molecule has 12 heteroatoms. The van der Waals surface area contributed by atoms with E-state index in [1.54, 1.807) is 0 Å². The van der Waals surface area contributed by atoms with Crippen molar-refractivity contribution in [3.63, 3.8) is 0 Å². The van der Waals surface area contributed by atoms with Crippen LogP contribution < -0.4 is 5.32 Å². The van der Waals surface area contributed by atoms with Crippen LogP contribution in [-0.2, 0) is 42.9 Å². The molecule has 0 bridgehead atoms. The monoisotopic (exact) mass is 941 g/mol. The molecule has 1 N–H and O–H groups in total. The SMILES string of the molecule is CCCCCCCCC(CCCCCCCC)OC(=O)CCCC(=O)OCC(COC(=O)CCCC(=O)OC(CCCCCCCC)CCCCCCCC)OC(=O)NCCN(CC)CC.[HH]. The van der Waals surface area contributed by atoms with E-state index in [4.69, 9.17) is 23.7 Å². The molecular formula is C54H104N2O10. The van der Waals surface area contributed by atoms with Crippen molar-refractivity contribution in [1.29, 1.82) is 0 Å². The average Bonchev–Trinajstić information content (AvgIpc) is 3.30. The lowest BCUT2D eigenvalue weighted by Gasteiger charge is -2.20. The van der Waals surface area contributed by atoms with Crippen LogP contribution in [0.25, 0.3) is 0 Å². The Hall–Kier alpha value is -2.89. The topological polar surface area (TPSA) is 147 Å². The van der Waals surface area contributed by atoms with Crippen LogP contribution in [0.5, 0.6) is 0 Å². The first-order valence-corrected chi connectivity index (χ1v) is 27.5. The molecule has 0 aliphatic heterocycles. The summed E-state index contributed by atoms with van der Waals surface area (Å²) >= 11 is 0. The zero-order valence-electron chi connectivity index (χ0n) is 43.5. The molecule has 0 aliphatic carbocycles.